The van der Waals surface area contributed by atoms with Crippen LogP contribution in [0.2, 0.25) is 0 Å². The van der Waals surface area contributed by atoms with Crippen LogP contribution >= 0.6 is 23.6 Å². The summed E-state index contributed by atoms with van der Waals surface area (Å²) in [6.45, 7) is 1.90. The van der Waals surface area contributed by atoms with Crippen LogP contribution in [0.25, 0.3) is 0 Å². The van der Waals surface area contributed by atoms with Crippen molar-refractivity contribution in [2.75, 3.05) is 0 Å². The van der Waals surface area contributed by atoms with Crippen molar-refractivity contribution in [1.82, 2.24) is 4.72 Å². The number of nitrogens with one attached hydrogen (secondary N) is 1. The highest BCUT2D eigenvalue weighted by Crippen LogP contribution is 2.21. The fraction of sp³-hybridized carbons (Fsp3) is 0.182. The van der Waals surface area contributed by atoms with Crippen molar-refractivity contribution in [3.05, 3.63) is 40.7 Å². The topological polar surface area (TPSA) is 85.3 Å². The van der Waals surface area contributed by atoms with Crippen molar-refractivity contribution in [3.8, 4) is 0 Å². The lowest BCUT2D eigenvalue weighted by molar-refractivity contribution is 0.475. The molecule has 0 aliphatic heterocycles. The molecule has 5 nitrogen and oxygen atoms in total. The Bertz CT molecular complexity index is 700. The molecule has 0 fully saturated rings. The zero-order chi connectivity index (χ0) is 14.0. The highest BCUT2D eigenvalue weighted by molar-refractivity contribution is 7.91. The Kier molecular flexibility index (Phi) is 4.04. The van der Waals surface area contributed by atoms with E-state index in [4.69, 9.17) is 22.4 Å². The summed E-state index contributed by atoms with van der Waals surface area (Å²) >= 11 is 5.84. The molecule has 3 N–H and O–H groups in total. The molecule has 2 aromatic rings. The van der Waals surface area contributed by atoms with Crippen LogP contribution in [0, 0.1) is 6.92 Å². The standard InChI is InChI=1S/C11H12N2O3S3/c1-7-2-3-8(16-7)6-13-19(14,15)10-5-4-9(18-10)11(12)17/h2-5,13H,6H2,1H3,(H2,12,17). The van der Waals surface area contributed by atoms with Crippen LogP contribution in [0.4, 0.5) is 0 Å². The van der Waals surface area contributed by atoms with E-state index in [1.54, 1.807) is 25.1 Å². The molecule has 0 amide bonds. The van der Waals surface area contributed by atoms with Gasteiger partial charge in [0, 0.05) is 0 Å². The SMILES string of the molecule is Cc1ccc(CNS(=O)(=O)c2ccc(C(N)=S)s2)o1. The minimum absolute atomic E-state index is 0.108. The first-order valence-electron chi connectivity index (χ1n) is 5.33. The number of sulfonamides is 1. The van der Waals surface area contributed by atoms with Gasteiger partial charge < -0.3 is 10.2 Å². The van der Waals surface area contributed by atoms with Crippen molar-refractivity contribution in [1.29, 1.82) is 0 Å². The number of nitrogens with two attached hydrogens (primary N) is 1. The van der Waals surface area contributed by atoms with Crippen LogP contribution in [-0.4, -0.2) is 13.4 Å². The Morgan fingerprint density at radius 1 is 1.42 bits per heavy atom. The zero-order valence-corrected chi connectivity index (χ0v) is 12.5. The average Bonchev–Trinajstić information content (AvgIpc) is 2.95. The minimum Gasteiger partial charge on any atom is -0.465 e. The molecule has 0 aliphatic carbocycles. The van der Waals surface area contributed by atoms with E-state index in [1.165, 1.54) is 6.07 Å². The number of aryl methyl sites for hydroxylation is 1. The molecule has 2 heterocycles. The van der Waals surface area contributed by atoms with E-state index < -0.39 is 10.0 Å². The molecular formula is C11H12N2O3S3. The zero-order valence-electron chi connectivity index (χ0n) is 10.0. The molecular weight excluding hydrogens is 304 g/mol. The fourth-order valence-corrected chi connectivity index (χ4v) is 3.80. The Morgan fingerprint density at radius 3 is 2.68 bits per heavy atom. The van der Waals surface area contributed by atoms with Gasteiger partial charge in [-0.05, 0) is 31.2 Å². The van der Waals surface area contributed by atoms with Crippen molar-refractivity contribution < 1.29 is 12.8 Å². The predicted octanol–water partition coefficient (Wildman–Crippen LogP) is 1.76. The maximum atomic E-state index is 12.0. The van der Waals surface area contributed by atoms with Gasteiger partial charge in [-0.2, -0.15) is 0 Å². The number of thiophene rings is 1. The lowest BCUT2D eigenvalue weighted by atomic mass is 10.4. The van der Waals surface area contributed by atoms with Crippen LogP contribution in [0.3, 0.4) is 0 Å². The van der Waals surface area contributed by atoms with Crippen molar-refractivity contribution in [3.63, 3.8) is 0 Å². The largest absolute Gasteiger partial charge is 0.465 e. The third-order valence-electron chi connectivity index (χ3n) is 2.32. The molecule has 0 spiro atoms. The molecule has 0 radical (unpaired) electrons. The van der Waals surface area contributed by atoms with Gasteiger partial charge in [0.05, 0.1) is 11.4 Å². The van der Waals surface area contributed by atoms with Gasteiger partial charge in [0.2, 0.25) is 10.0 Å². The summed E-state index contributed by atoms with van der Waals surface area (Å²) in [6.07, 6.45) is 0. The molecule has 0 aliphatic rings. The lowest BCUT2D eigenvalue weighted by Crippen LogP contribution is -2.22. The molecule has 102 valence electrons. The molecule has 0 saturated carbocycles. The molecule has 2 rings (SSSR count). The minimum atomic E-state index is -3.57. The molecule has 0 unspecified atom stereocenters. The van der Waals surface area contributed by atoms with Gasteiger partial charge in [-0.3, -0.25) is 0 Å². The van der Waals surface area contributed by atoms with E-state index in [0.717, 1.165) is 17.1 Å². The van der Waals surface area contributed by atoms with Gasteiger partial charge in [0.1, 0.15) is 20.7 Å². The monoisotopic (exact) mass is 316 g/mol. The lowest BCUT2D eigenvalue weighted by Gasteiger charge is -2.02. The molecule has 0 atom stereocenters. The van der Waals surface area contributed by atoms with Crippen molar-refractivity contribution >= 4 is 38.6 Å². The van der Waals surface area contributed by atoms with Gasteiger partial charge in [-0.25, -0.2) is 13.1 Å². The number of furan rings is 1. The smallest absolute Gasteiger partial charge is 0.250 e. The second-order valence-electron chi connectivity index (χ2n) is 3.82. The van der Waals surface area contributed by atoms with Crippen LogP contribution in [-0.2, 0) is 16.6 Å². The van der Waals surface area contributed by atoms with E-state index in [2.05, 4.69) is 4.72 Å². The quantitative estimate of drug-likeness (QED) is 0.821. The third-order valence-corrected chi connectivity index (χ3v) is 5.68. The summed E-state index contributed by atoms with van der Waals surface area (Å²) in [4.78, 5) is 0.761. The molecule has 0 saturated heterocycles. The van der Waals surface area contributed by atoms with E-state index in [0.29, 0.717) is 10.6 Å². The highest BCUT2D eigenvalue weighted by Gasteiger charge is 2.17. The van der Waals surface area contributed by atoms with Gasteiger partial charge in [-0.1, -0.05) is 12.2 Å². The van der Waals surface area contributed by atoms with E-state index in [9.17, 15) is 8.42 Å². The van der Waals surface area contributed by atoms with E-state index in [-0.39, 0.29) is 15.7 Å². The maximum absolute atomic E-state index is 12.0. The summed E-state index contributed by atoms with van der Waals surface area (Å²) in [7, 11) is -3.57. The molecule has 0 bridgehead atoms. The fourth-order valence-electron chi connectivity index (χ4n) is 1.41. The Hall–Kier alpha value is -1.22. The van der Waals surface area contributed by atoms with Crippen molar-refractivity contribution in [2.24, 2.45) is 5.73 Å². The van der Waals surface area contributed by atoms with Crippen LogP contribution < -0.4 is 10.5 Å². The Labute approximate surface area is 120 Å². The van der Waals surface area contributed by atoms with E-state index in [1.807, 2.05) is 0 Å². The van der Waals surface area contributed by atoms with Gasteiger partial charge in [0.25, 0.3) is 0 Å². The second-order valence-corrected chi connectivity index (χ2v) is 7.34. The summed E-state index contributed by atoms with van der Waals surface area (Å²) in [5.41, 5.74) is 5.45. The summed E-state index contributed by atoms with van der Waals surface area (Å²) in [5, 5.41) is 0. The van der Waals surface area contributed by atoms with Crippen LogP contribution in [0.1, 0.15) is 16.4 Å². The number of hydrogen-bond donors (Lipinski definition) is 2. The first-order chi connectivity index (χ1) is 8.88. The number of hydrogen-bond acceptors (Lipinski definition) is 5. The van der Waals surface area contributed by atoms with Crippen molar-refractivity contribution in [2.45, 2.75) is 17.7 Å². The normalized spacial score (nSPS) is 11.6. The van der Waals surface area contributed by atoms with E-state index >= 15 is 0 Å². The molecule has 19 heavy (non-hydrogen) atoms. The maximum Gasteiger partial charge on any atom is 0.250 e. The average molecular weight is 316 g/mol. The van der Waals surface area contributed by atoms with Gasteiger partial charge in [-0.15, -0.1) is 11.3 Å². The first-order valence-corrected chi connectivity index (χ1v) is 8.04. The summed E-state index contributed by atoms with van der Waals surface area (Å²) in [6, 6.07) is 6.58. The summed E-state index contributed by atoms with van der Waals surface area (Å²) in [5.74, 6) is 1.30. The predicted molar refractivity (Wildman–Crippen MR) is 77.7 cm³/mol. The highest BCUT2D eigenvalue weighted by atomic mass is 32.2. The van der Waals surface area contributed by atoms with Crippen LogP contribution in [0.5, 0.6) is 0 Å². The first kappa shape index (κ1) is 14.2. The number of thiocarbonyl (C=S) groups is 1. The molecule has 8 heteroatoms. The third kappa shape index (κ3) is 3.41. The summed E-state index contributed by atoms with van der Waals surface area (Å²) < 4.78 is 32.0. The van der Waals surface area contributed by atoms with Gasteiger partial charge in [0.15, 0.2) is 0 Å². The second kappa shape index (κ2) is 5.41. The Balaban J connectivity index is 2.11. The van der Waals surface area contributed by atoms with Crippen LogP contribution in [0.15, 0.2) is 32.9 Å². The Morgan fingerprint density at radius 2 is 2.16 bits per heavy atom. The molecule has 0 aromatic carbocycles. The number of rotatable bonds is 5. The van der Waals surface area contributed by atoms with Gasteiger partial charge >= 0.3 is 0 Å². The molecule has 2 aromatic heterocycles.